The van der Waals surface area contributed by atoms with Crippen LogP contribution in [0.15, 0.2) is 0 Å². The zero-order valence-corrected chi connectivity index (χ0v) is 9.12. The maximum atomic E-state index is 9.69. The number of ether oxygens (including phenoxy) is 2. The standard InChI is InChI=1S/C10H20O4/c1-8(12)9(2,3)10(4-5-11)13-6-7-14-10/h8,11-12H,4-7H2,1-3H3. The smallest absolute Gasteiger partial charge is 0.178 e. The van der Waals surface area contributed by atoms with Crippen molar-refractivity contribution in [1.29, 1.82) is 0 Å². The van der Waals surface area contributed by atoms with Gasteiger partial charge in [-0.2, -0.15) is 0 Å². The van der Waals surface area contributed by atoms with Crippen LogP contribution in [0.4, 0.5) is 0 Å². The molecule has 1 aliphatic rings. The van der Waals surface area contributed by atoms with Crippen molar-refractivity contribution in [3.05, 3.63) is 0 Å². The molecule has 1 rings (SSSR count). The first-order chi connectivity index (χ1) is 6.46. The van der Waals surface area contributed by atoms with Crippen LogP contribution in [-0.4, -0.2) is 41.9 Å². The van der Waals surface area contributed by atoms with Gasteiger partial charge in [-0.05, 0) is 6.92 Å². The van der Waals surface area contributed by atoms with Crippen molar-refractivity contribution >= 4 is 0 Å². The Morgan fingerprint density at radius 3 is 2.21 bits per heavy atom. The van der Waals surface area contributed by atoms with E-state index in [0.29, 0.717) is 19.6 Å². The molecule has 1 aliphatic heterocycles. The summed E-state index contributed by atoms with van der Waals surface area (Å²) in [6.07, 6.45) is -0.155. The van der Waals surface area contributed by atoms with Crippen LogP contribution in [0, 0.1) is 5.41 Å². The molecule has 4 nitrogen and oxygen atoms in total. The van der Waals surface area contributed by atoms with Crippen LogP contribution in [0.5, 0.6) is 0 Å². The third-order valence-electron chi connectivity index (χ3n) is 3.22. The number of aliphatic hydroxyl groups excluding tert-OH is 2. The Kier molecular flexibility index (Phi) is 3.53. The van der Waals surface area contributed by atoms with Crippen molar-refractivity contribution < 1.29 is 19.7 Å². The Bertz CT molecular complexity index is 183. The van der Waals surface area contributed by atoms with Gasteiger partial charge in [0.05, 0.1) is 19.3 Å². The number of hydrogen-bond acceptors (Lipinski definition) is 4. The summed E-state index contributed by atoms with van der Waals surface area (Å²) in [5.74, 6) is -0.837. The first kappa shape index (κ1) is 11.9. The molecule has 2 N–H and O–H groups in total. The summed E-state index contributed by atoms with van der Waals surface area (Å²) in [4.78, 5) is 0. The average molecular weight is 204 g/mol. The summed E-state index contributed by atoms with van der Waals surface area (Å²) in [6, 6.07) is 0. The van der Waals surface area contributed by atoms with Gasteiger partial charge in [-0.1, -0.05) is 13.8 Å². The molecule has 0 bridgehead atoms. The van der Waals surface area contributed by atoms with Crippen LogP contribution >= 0.6 is 0 Å². The molecular weight excluding hydrogens is 184 g/mol. The van der Waals surface area contributed by atoms with Gasteiger partial charge in [-0.25, -0.2) is 0 Å². The van der Waals surface area contributed by atoms with Crippen molar-refractivity contribution in [2.24, 2.45) is 5.41 Å². The lowest BCUT2D eigenvalue weighted by molar-refractivity contribution is -0.257. The van der Waals surface area contributed by atoms with E-state index in [4.69, 9.17) is 14.6 Å². The lowest BCUT2D eigenvalue weighted by atomic mass is 9.77. The molecule has 84 valence electrons. The SMILES string of the molecule is CC(O)C(C)(C)C1(CCO)OCCO1. The third kappa shape index (κ3) is 1.80. The number of hydrogen-bond donors (Lipinski definition) is 2. The van der Waals surface area contributed by atoms with E-state index < -0.39 is 17.3 Å². The van der Waals surface area contributed by atoms with Crippen LogP contribution in [0.2, 0.25) is 0 Å². The van der Waals surface area contributed by atoms with Gasteiger partial charge in [-0.15, -0.1) is 0 Å². The van der Waals surface area contributed by atoms with Gasteiger partial charge in [0.1, 0.15) is 0 Å². The molecule has 0 radical (unpaired) electrons. The Hall–Kier alpha value is -0.160. The molecule has 4 heteroatoms. The topological polar surface area (TPSA) is 58.9 Å². The lowest BCUT2D eigenvalue weighted by Gasteiger charge is -2.43. The van der Waals surface area contributed by atoms with Gasteiger partial charge in [0, 0.05) is 18.4 Å². The highest BCUT2D eigenvalue weighted by atomic mass is 16.7. The van der Waals surface area contributed by atoms with E-state index in [1.807, 2.05) is 13.8 Å². The van der Waals surface area contributed by atoms with Gasteiger partial charge in [0.2, 0.25) is 0 Å². The summed E-state index contributed by atoms with van der Waals surface area (Å²) in [7, 11) is 0. The van der Waals surface area contributed by atoms with E-state index in [2.05, 4.69) is 0 Å². The first-order valence-electron chi connectivity index (χ1n) is 5.03. The molecule has 0 aromatic rings. The molecule has 0 aromatic carbocycles. The molecule has 0 aromatic heterocycles. The van der Waals surface area contributed by atoms with Crippen molar-refractivity contribution in [2.75, 3.05) is 19.8 Å². The zero-order chi connectivity index (χ0) is 10.8. The highest BCUT2D eigenvalue weighted by Crippen LogP contribution is 2.43. The van der Waals surface area contributed by atoms with E-state index in [-0.39, 0.29) is 6.61 Å². The molecule has 0 saturated carbocycles. The highest BCUT2D eigenvalue weighted by molar-refractivity contribution is 4.93. The average Bonchev–Trinajstić information content (AvgIpc) is 2.54. The molecule has 1 fully saturated rings. The molecule has 1 unspecified atom stereocenters. The van der Waals surface area contributed by atoms with Gasteiger partial charge >= 0.3 is 0 Å². The normalized spacial score (nSPS) is 23.8. The van der Waals surface area contributed by atoms with Crippen LogP contribution < -0.4 is 0 Å². The summed E-state index contributed by atoms with van der Waals surface area (Å²) in [5, 5.41) is 18.7. The third-order valence-corrected chi connectivity index (χ3v) is 3.22. The number of aliphatic hydroxyl groups is 2. The van der Waals surface area contributed by atoms with Crippen molar-refractivity contribution in [3.8, 4) is 0 Å². The largest absolute Gasteiger partial charge is 0.396 e. The van der Waals surface area contributed by atoms with Crippen molar-refractivity contribution in [1.82, 2.24) is 0 Å². The highest BCUT2D eigenvalue weighted by Gasteiger charge is 2.52. The Balaban J connectivity index is 2.86. The first-order valence-corrected chi connectivity index (χ1v) is 5.03. The second kappa shape index (κ2) is 4.14. The molecule has 1 heterocycles. The van der Waals surface area contributed by atoms with E-state index >= 15 is 0 Å². The van der Waals surface area contributed by atoms with E-state index in [9.17, 15) is 5.11 Å². The van der Waals surface area contributed by atoms with Crippen LogP contribution in [0.3, 0.4) is 0 Å². The molecule has 0 aliphatic carbocycles. The second-order valence-electron chi connectivity index (χ2n) is 4.32. The fraction of sp³-hybridized carbons (Fsp3) is 1.00. The minimum atomic E-state index is -0.837. The van der Waals surface area contributed by atoms with Gasteiger partial charge in [0.15, 0.2) is 5.79 Å². The molecular formula is C10H20O4. The van der Waals surface area contributed by atoms with Gasteiger partial charge in [0.25, 0.3) is 0 Å². The minimum Gasteiger partial charge on any atom is -0.396 e. The fourth-order valence-corrected chi connectivity index (χ4v) is 1.76. The fourth-order valence-electron chi connectivity index (χ4n) is 1.76. The summed E-state index contributed by atoms with van der Waals surface area (Å²) in [5.41, 5.74) is -0.522. The maximum Gasteiger partial charge on any atom is 0.178 e. The Morgan fingerprint density at radius 2 is 1.86 bits per heavy atom. The van der Waals surface area contributed by atoms with Crippen LogP contribution in [0.25, 0.3) is 0 Å². The van der Waals surface area contributed by atoms with E-state index in [0.717, 1.165) is 0 Å². The van der Waals surface area contributed by atoms with Crippen molar-refractivity contribution in [3.63, 3.8) is 0 Å². The Labute approximate surface area is 84.8 Å². The molecule has 0 spiro atoms. The summed E-state index contributed by atoms with van der Waals surface area (Å²) < 4.78 is 11.1. The summed E-state index contributed by atoms with van der Waals surface area (Å²) in [6.45, 7) is 6.53. The monoisotopic (exact) mass is 204 g/mol. The molecule has 1 saturated heterocycles. The quantitative estimate of drug-likeness (QED) is 0.701. The van der Waals surface area contributed by atoms with Crippen LogP contribution in [0.1, 0.15) is 27.2 Å². The predicted molar refractivity (Wildman–Crippen MR) is 51.8 cm³/mol. The maximum absolute atomic E-state index is 9.69. The van der Waals surface area contributed by atoms with E-state index in [1.165, 1.54) is 0 Å². The molecule has 14 heavy (non-hydrogen) atoms. The van der Waals surface area contributed by atoms with Gasteiger partial charge < -0.3 is 19.7 Å². The predicted octanol–water partition coefficient (Wildman–Crippen LogP) is 0.519. The van der Waals surface area contributed by atoms with E-state index in [1.54, 1.807) is 6.92 Å². The summed E-state index contributed by atoms with van der Waals surface area (Å²) >= 11 is 0. The van der Waals surface area contributed by atoms with Crippen LogP contribution in [-0.2, 0) is 9.47 Å². The van der Waals surface area contributed by atoms with Crippen molar-refractivity contribution in [2.45, 2.75) is 39.1 Å². The Morgan fingerprint density at radius 1 is 1.36 bits per heavy atom. The van der Waals surface area contributed by atoms with Gasteiger partial charge in [-0.3, -0.25) is 0 Å². The number of rotatable bonds is 4. The molecule has 0 amide bonds. The molecule has 1 atom stereocenters. The minimum absolute atomic E-state index is 0.00382. The lowest BCUT2D eigenvalue weighted by Crippen LogP contribution is -2.52. The second-order valence-corrected chi connectivity index (χ2v) is 4.32. The zero-order valence-electron chi connectivity index (χ0n) is 9.12.